The van der Waals surface area contributed by atoms with Crippen LogP contribution in [0.3, 0.4) is 0 Å². The zero-order valence-corrected chi connectivity index (χ0v) is 12.4. The number of nitrogens with two attached hydrogens (primary N) is 1. The lowest BCUT2D eigenvalue weighted by atomic mass is 10.1. The van der Waals surface area contributed by atoms with E-state index in [9.17, 15) is 18.8 Å². The third-order valence-electron chi connectivity index (χ3n) is 2.06. The Hall–Kier alpha value is -0.310. The lowest BCUT2D eigenvalue weighted by molar-refractivity contribution is -0.119. The van der Waals surface area contributed by atoms with Crippen LogP contribution in [-0.2, 0) is 13.9 Å². The topological polar surface area (TPSA) is 166 Å². The number of rotatable bonds is 10. The Balaban J connectivity index is 4.04. The molecule has 0 spiro atoms. The standard InChI is InChI=1S/C7H21N5O5P2/c1-2-3-4-5-6-7(13)9-18(14,15)11-12-19(16,17)10-8/h2-6,8H2,1H3,(H3,10,12,16,17)(H3,9,11,13,14,15). The molecule has 12 heteroatoms. The molecular weight excluding hydrogens is 296 g/mol. The van der Waals surface area contributed by atoms with Gasteiger partial charge in [0.15, 0.2) is 0 Å². The highest BCUT2D eigenvalue weighted by Crippen LogP contribution is 2.33. The van der Waals surface area contributed by atoms with Crippen molar-refractivity contribution in [2.45, 2.75) is 39.0 Å². The van der Waals surface area contributed by atoms with Gasteiger partial charge in [-0.15, -0.1) is 0 Å². The molecule has 8 N–H and O–H groups in total. The van der Waals surface area contributed by atoms with Crippen molar-refractivity contribution in [1.29, 1.82) is 0 Å². The Morgan fingerprint density at radius 2 is 1.68 bits per heavy atom. The van der Waals surface area contributed by atoms with E-state index in [0.717, 1.165) is 19.3 Å². The van der Waals surface area contributed by atoms with E-state index >= 15 is 0 Å². The molecule has 0 saturated heterocycles. The van der Waals surface area contributed by atoms with Gasteiger partial charge in [0.05, 0.1) is 0 Å². The smallest absolute Gasteiger partial charge is 0.320 e. The molecule has 2 unspecified atom stereocenters. The number of carbonyl (C=O) groups is 1. The first kappa shape index (κ1) is 18.7. The van der Waals surface area contributed by atoms with Crippen LogP contribution in [0.4, 0.5) is 0 Å². The number of hydrogen-bond acceptors (Lipinski definition) is 4. The minimum absolute atomic E-state index is 0.109. The molecule has 114 valence electrons. The highest BCUT2D eigenvalue weighted by atomic mass is 31.2. The van der Waals surface area contributed by atoms with E-state index in [1.54, 1.807) is 10.4 Å². The van der Waals surface area contributed by atoms with Gasteiger partial charge in [-0.25, -0.2) is 4.57 Å². The van der Waals surface area contributed by atoms with Crippen LogP contribution < -0.4 is 26.5 Å². The summed E-state index contributed by atoms with van der Waals surface area (Å²) in [5.74, 6) is 4.09. The molecule has 0 radical (unpaired) electrons. The molecule has 2 atom stereocenters. The van der Waals surface area contributed by atoms with Crippen molar-refractivity contribution in [3.8, 4) is 0 Å². The van der Waals surface area contributed by atoms with Crippen molar-refractivity contribution in [2.24, 2.45) is 5.84 Å². The van der Waals surface area contributed by atoms with E-state index in [0.29, 0.717) is 6.42 Å². The van der Waals surface area contributed by atoms with Crippen LogP contribution in [0.15, 0.2) is 0 Å². The van der Waals surface area contributed by atoms with Crippen LogP contribution in [0.1, 0.15) is 39.0 Å². The molecule has 0 aromatic heterocycles. The molecule has 0 saturated carbocycles. The first-order valence-electron chi connectivity index (χ1n) is 5.71. The Bertz CT molecular complexity index is 379. The summed E-state index contributed by atoms with van der Waals surface area (Å²) in [4.78, 5) is 29.6. The highest BCUT2D eigenvalue weighted by molar-refractivity contribution is 7.57. The zero-order valence-electron chi connectivity index (χ0n) is 10.6. The van der Waals surface area contributed by atoms with E-state index in [1.807, 2.05) is 12.0 Å². The van der Waals surface area contributed by atoms with Gasteiger partial charge < -0.3 is 9.79 Å². The van der Waals surface area contributed by atoms with Crippen LogP contribution in [-0.4, -0.2) is 15.7 Å². The van der Waals surface area contributed by atoms with Crippen molar-refractivity contribution in [3.05, 3.63) is 0 Å². The van der Waals surface area contributed by atoms with E-state index < -0.39 is 21.2 Å². The average Bonchev–Trinajstić information content (AvgIpc) is 2.32. The Labute approximate surface area is 111 Å². The summed E-state index contributed by atoms with van der Waals surface area (Å²) in [6.07, 6.45) is 3.57. The molecule has 0 aromatic carbocycles. The average molecular weight is 317 g/mol. The van der Waals surface area contributed by atoms with Crippen LogP contribution in [0, 0.1) is 0 Å². The SMILES string of the molecule is CCCCCCC(=O)NP(=O)(O)NNP(=O)(O)NN. The number of hydrogen-bond donors (Lipinski definition) is 7. The maximum Gasteiger partial charge on any atom is 0.379 e. The summed E-state index contributed by atoms with van der Waals surface area (Å²) < 4.78 is 22.4. The number of carbonyl (C=O) groups excluding carboxylic acids is 1. The second-order valence-electron chi connectivity index (χ2n) is 3.85. The molecule has 1 amide bonds. The molecule has 19 heavy (non-hydrogen) atoms. The van der Waals surface area contributed by atoms with Gasteiger partial charge in [0, 0.05) is 6.42 Å². The first-order chi connectivity index (χ1) is 8.72. The first-order valence-corrected chi connectivity index (χ1v) is 9.03. The Morgan fingerprint density at radius 1 is 1.11 bits per heavy atom. The summed E-state index contributed by atoms with van der Waals surface area (Å²) in [6.45, 7) is 2.02. The minimum Gasteiger partial charge on any atom is -0.320 e. The summed E-state index contributed by atoms with van der Waals surface area (Å²) >= 11 is 0. The largest absolute Gasteiger partial charge is 0.379 e. The monoisotopic (exact) mass is 317 g/mol. The third kappa shape index (κ3) is 10.2. The fraction of sp³-hybridized carbons (Fsp3) is 0.857. The van der Waals surface area contributed by atoms with Crippen molar-refractivity contribution >= 4 is 21.2 Å². The third-order valence-corrected chi connectivity index (χ3v) is 3.97. The molecule has 0 bridgehead atoms. The van der Waals surface area contributed by atoms with Crippen LogP contribution in [0.2, 0.25) is 0 Å². The van der Waals surface area contributed by atoms with Gasteiger partial charge in [0.1, 0.15) is 0 Å². The van der Waals surface area contributed by atoms with Crippen LogP contribution >= 0.6 is 15.3 Å². The van der Waals surface area contributed by atoms with Crippen LogP contribution in [0.5, 0.6) is 0 Å². The van der Waals surface area contributed by atoms with E-state index in [2.05, 4.69) is 0 Å². The Kier molecular flexibility index (Phi) is 8.64. The van der Waals surface area contributed by atoms with Gasteiger partial charge in [-0.2, -0.15) is 15.6 Å². The Morgan fingerprint density at radius 3 is 2.21 bits per heavy atom. The van der Waals surface area contributed by atoms with E-state index in [-0.39, 0.29) is 6.42 Å². The summed E-state index contributed by atoms with van der Waals surface area (Å²) in [7, 11) is -8.46. The van der Waals surface area contributed by atoms with Crippen molar-refractivity contribution in [1.82, 2.24) is 20.7 Å². The second kappa shape index (κ2) is 8.78. The van der Waals surface area contributed by atoms with Crippen LogP contribution in [0.25, 0.3) is 0 Å². The van der Waals surface area contributed by atoms with E-state index in [1.165, 1.54) is 5.20 Å². The molecule has 10 nitrogen and oxygen atoms in total. The van der Waals surface area contributed by atoms with Crippen molar-refractivity contribution < 1.29 is 23.7 Å². The molecule has 0 heterocycles. The number of amides is 1. The number of hydrazine groups is 2. The molecule has 0 aliphatic rings. The van der Waals surface area contributed by atoms with Gasteiger partial charge in [-0.05, 0) is 6.42 Å². The van der Waals surface area contributed by atoms with Gasteiger partial charge in [0.2, 0.25) is 5.91 Å². The van der Waals surface area contributed by atoms with Gasteiger partial charge >= 0.3 is 15.3 Å². The maximum atomic E-state index is 11.4. The molecule has 0 rings (SSSR count). The molecule has 0 aromatic rings. The summed E-state index contributed by atoms with van der Waals surface area (Å²) in [5.41, 5.74) is 0. The normalized spacial score (nSPS) is 17.5. The number of unbranched alkanes of at least 4 members (excludes halogenated alkanes) is 3. The van der Waals surface area contributed by atoms with Gasteiger partial charge in [-0.3, -0.25) is 20.3 Å². The highest BCUT2D eigenvalue weighted by Gasteiger charge is 2.25. The summed E-state index contributed by atoms with van der Waals surface area (Å²) in [5, 5.41) is 6.62. The molecule has 0 aliphatic carbocycles. The lowest BCUT2D eigenvalue weighted by Gasteiger charge is -2.17. The quantitative estimate of drug-likeness (QED) is 0.125. The zero-order chi connectivity index (χ0) is 14.9. The van der Waals surface area contributed by atoms with Crippen molar-refractivity contribution in [2.75, 3.05) is 0 Å². The van der Waals surface area contributed by atoms with E-state index in [4.69, 9.17) is 10.7 Å². The van der Waals surface area contributed by atoms with Gasteiger partial charge in [0.25, 0.3) is 0 Å². The van der Waals surface area contributed by atoms with Crippen molar-refractivity contribution in [3.63, 3.8) is 0 Å². The summed E-state index contributed by atoms with van der Waals surface area (Å²) in [6, 6.07) is 0. The fourth-order valence-electron chi connectivity index (χ4n) is 1.13. The second-order valence-corrected chi connectivity index (χ2v) is 7.08. The molecule has 0 fully saturated rings. The number of nitrogens with one attached hydrogen (secondary N) is 4. The lowest BCUT2D eigenvalue weighted by Crippen LogP contribution is -2.38. The minimum atomic E-state index is -4.30. The molecule has 0 aliphatic heterocycles. The predicted molar refractivity (Wildman–Crippen MR) is 70.1 cm³/mol. The maximum absolute atomic E-state index is 11.4. The fourth-order valence-corrected chi connectivity index (χ4v) is 2.79. The molecular formula is C7H21N5O5P2. The predicted octanol–water partition coefficient (Wildman–Crippen LogP) is -0.169. The van der Waals surface area contributed by atoms with Gasteiger partial charge in [-0.1, -0.05) is 26.2 Å².